The number of anilines is 1. The Bertz CT molecular complexity index is 1130. The van der Waals surface area contributed by atoms with Crippen molar-refractivity contribution in [2.75, 3.05) is 11.9 Å². The number of nitrogens with zero attached hydrogens (tertiary/aromatic N) is 1. The molecule has 1 amide bonds. The Balaban J connectivity index is 1.40. The van der Waals surface area contributed by atoms with Crippen molar-refractivity contribution < 1.29 is 13.9 Å². The van der Waals surface area contributed by atoms with E-state index in [4.69, 9.17) is 32.4 Å². The lowest BCUT2D eigenvalue weighted by Gasteiger charge is -2.11. The Morgan fingerprint density at radius 2 is 1.86 bits per heavy atom. The molecule has 1 aromatic heterocycles. The zero-order valence-corrected chi connectivity index (χ0v) is 16.9. The number of carbonyl (C=O) groups is 1. The molecule has 0 atom stereocenters. The predicted molar refractivity (Wildman–Crippen MR) is 115 cm³/mol. The summed E-state index contributed by atoms with van der Waals surface area (Å²) in [4.78, 5) is 16.7. The summed E-state index contributed by atoms with van der Waals surface area (Å²) >= 11 is 12.1. The highest BCUT2D eigenvalue weighted by molar-refractivity contribution is 6.35. The molecule has 3 aromatic carbocycles. The topological polar surface area (TPSA) is 64.4 Å². The first kappa shape index (κ1) is 19.3. The number of nitrogens with one attached hydrogen (secondary N) is 1. The third kappa shape index (κ3) is 4.36. The Kier molecular flexibility index (Phi) is 5.43. The van der Waals surface area contributed by atoms with Crippen LogP contribution in [0.2, 0.25) is 10.0 Å². The summed E-state index contributed by atoms with van der Waals surface area (Å²) in [5, 5.41) is 3.67. The second kappa shape index (κ2) is 8.15. The van der Waals surface area contributed by atoms with Crippen LogP contribution < -0.4 is 10.1 Å². The third-order valence-corrected chi connectivity index (χ3v) is 4.75. The number of hydrogen-bond donors (Lipinski definition) is 1. The molecule has 0 unspecified atom stereocenters. The van der Waals surface area contributed by atoms with Gasteiger partial charge in [0.05, 0.1) is 5.02 Å². The molecule has 0 radical (unpaired) electrons. The smallest absolute Gasteiger partial charge is 0.262 e. The number of carbonyl (C=O) groups excluding carboxylic acids is 1. The van der Waals surface area contributed by atoms with E-state index >= 15 is 0 Å². The summed E-state index contributed by atoms with van der Waals surface area (Å²) in [7, 11) is 0. The van der Waals surface area contributed by atoms with Crippen molar-refractivity contribution >= 4 is 45.9 Å². The first-order valence-corrected chi connectivity index (χ1v) is 9.59. The van der Waals surface area contributed by atoms with Crippen LogP contribution in [-0.4, -0.2) is 17.5 Å². The van der Waals surface area contributed by atoms with Gasteiger partial charge in [-0.3, -0.25) is 4.79 Å². The minimum absolute atomic E-state index is 0.172. The summed E-state index contributed by atoms with van der Waals surface area (Å²) in [6, 6.07) is 18.1. The molecule has 0 saturated carbocycles. The molecule has 1 N–H and O–H groups in total. The van der Waals surface area contributed by atoms with Gasteiger partial charge in [-0.2, -0.15) is 0 Å². The maximum atomic E-state index is 12.2. The monoisotopic (exact) mass is 426 g/mol. The number of halogens is 2. The largest absolute Gasteiger partial charge is 0.482 e. The minimum atomic E-state index is -0.301. The number of oxazole rings is 1. The van der Waals surface area contributed by atoms with Crippen LogP contribution in [0.3, 0.4) is 0 Å². The van der Waals surface area contributed by atoms with E-state index in [0.717, 1.165) is 22.2 Å². The molecule has 5 nitrogen and oxygen atoms in total. The van der Waals surface area contributed by atoms with E-state index in [9.17, 15) is 4.79 Å². The number of aryl methyl sites for hydroxylation is 1. The molecule has 0 fully saturated rings. The summed E-state index contributed by atoms with van der Waals surface area (Å²) in [6.07, 6.45) is 0. The predicted octanol–water partition coefficient (Wildman–Crippen LogP) is 6.13. The molecule has 146 valence electrons. The molecule has 1 heterocycles. The standard InChI is InChI=1S/C22H16Cl2N2O3/c1-13-10-15(23)11-17(24)21(13)28-12-20(27)25-16-8-6-14(7-9-16)22-26-18-4-2-3-5-19(18)29-22/h2-11H,12H2,1H3,(H,25,27). The molecule has 0 saturated heterocycles. The summed E-state index contributed by atoms with van der Waals surface area (Å²) < 4.78 is 11.3. The molecule has 0 spiro atoms. The van der Waals surface area contributed by atoms with Gasteiger partial charge in [0, 0.05) is 16.3 Å². The van der Waals surface area contributed by atoms with Gasteiger partial charge in [0.2, 0.25) is 5.89 Å². The minimum Gasteiger partial charge on any atom is -0.482 e. The molecule has 7 heteroatoms. The highest BCUT2D eigenvalue weighted by Crippen LogP contribution is 2.32. The van der Waals surface area contributed by atoms with Crippen molar-refractivity contribution in [3.63, 3.8) is 0 Å². The average molecular weight is 427 g/mol. The van der Waals surface area contributed by atoms with Gasteiger partial charge >= 0.3 is 0 Å². The van der Waals surface area contributed by atoms with E-state index in [2.05, 4.69) is 10.3 Å². The highest BCUT2D eigenvalue weighted by atomic mass is 35.5. The third-order valence-electron chi connectivity index (χ3n) is 4.25. The van der Waals surface area contributed by atoms with Gasteiger partial charge in [-0.15, -0.1) is 0 Å². The number of amides is 1. The van der Waals surface area contributed by atoms with E-state index in [-0.39, 0.29) is 12.5 Å². The normalized spacial score (nSPS) is 10.9. The van der Waals surface area contributed by atoms with Crippen LogP contribution in [0.15, 0.2) is 65.1 Å². The Labute approximate surface area is 177 Å². The lowest BCUT2D eigenvalue weighted by Crippen LogP contribution is -2.20. The van der Waals surface area contributed by atoms with Crippen LogP contribution in [0.5, 0.6) is 5.75 Å². The number of rotatable bonds is 5. The number of para-hydroxylation sites is 2. The van der Waals surface area contributed by atoms with Crippen molar-refractivity contribution in [1.82, 2.24) is 4.98 Å². The Hall–Kier alpha value is -3.02. The van der Waals surface area contributed by atoms with Gasteiger partial charge in [0.25, 0.3) is 5.91 Å². The quantitative estimate of drug-likeness (QED) is 0.416. The second-order valence-corrected chi connectivity index (χ2v) is 7.28. The van der Waals surface area contributed by atoms with Gasteiger partial charge in [-0.1, -0.05) is 35.3 Å². The molecule has 0 aliphatic rings. The van der Waals surface area contributed by atoms with Crippen molar-refractivity contribution in [3.8, 4) is 17.2 Å². The highest BCUT2D eigenvalue weighted by Gasteiger charge is 2.11. The van der Waals surface area contributed by atoms with E-state index in [1.54, 1.807) is 24.3 Å². The maximum absolute atomic E-state index is 12.2. The second-order valence-electron chi connectivity index (χ2n) is 6.43. The fourth-order valence-corrected chi connectivity index (χ4v) is 3.55. The van der Waals surface area contributed by atoms with Crippen molar-refractivity contribution in [2.45, 2.75) is 6.92 Å². The SMILES string of the molecule is Cc1cc(Cl)cc(Cl)c1OCC(=O)Nc1ccc(-c2nc3ccccc3o2)cc1. The van der Waals surface area contributed by atoms with Gasteiger partial charge in [0.15, 0.2) is 12.2 Å². The van der Waals surface area contributed by atoms with E-state index < -0.39 is 0 Å². The fourth-order valence-electron chi connectivity index (χ4n) is 2.90. The van der Waals surface area contributed by atoms with Crippen molar-refractivity contribution in [2.24, 2.45) is 0 Å². The summed E-state index contributed by atoms with van der Waals surface area (Å²) in [6.45, 7) is 1.64. The molecular weight excluding hydrogens is 411 g/mol. The van der Waals surface area contributed by atoms with Gasteiger partial charge < -0.3 is 14.5 Å². The number of ether oxygens (including phenoxy) is 1. The first-order chi connectivity index (χ1) is 14.0. The van der Waals surface area contributed by atoms with Gasteiger partial charge in [0.1, 0.15) is 11.3 Å². The molecule has 4 aromatic rings. The summed E-state index contributed by atoms with van der Waals surface area (Å²) in [5.41, 5.74) is 3.75. The number of aromatic nitrogens is 1. The van der Waals surface area contributed by atoms with Gasteiger partial charge in [-0.05, 0) is 61.0 Å². The van der Waals surface area contributed by atoms with Crippen molar-refractivity contribution in [1.29, 1.82) is 0 Å². The average Bonchev–Trinajstić information content (AvgIpc) is 3.12. The molecular formula is C22H16Cl2N2O3. The van der Waals surface area contributed by atoms with E-state index in [1.165, 1.54) is 0 Å². The lowest BCUT2D eigenvalue weighted by atomic mass is 10.2. The molecule has 0 aliphatic heterocycles. The molecule has 0 bridgehead atoms. The Morgan fingerprint density at radius 3 is 2.59 bits per heavy atom. The molecule has 0 aliphatic carbocycles. The van der Waals surface area contributed by atoms with E-state index in [1.807, 2.05) is 43.3 Å². The molecule has 4 rings (SSSR count). The van der Waals surface area contributed by atoms with Crippen LogP contribution >= 0.6 is 23.2 Å². The van der Waals surface area contributed by atoms with Crippen LogP contribution in [0, 0.1) is 6.92 Å². The maximum Gasteiger partial charge on any atom is 0.262 e. The number of fused-ring (bicyclic) bond motifs is 1. The lowest BCUT2D eigenvalue weighted by molar-refractivity contribution is -0.118. The van der Waals surface area contributed by atoms with Crippen LogP contribution in [-0.2, 0) is 4.79 Å². The van der Waals surface area contributed by atoms with Crippen molar-refractivity contribution in [3.05, 3.63) is 76.3 Å². The molecule has 29 heavy (non-hydrogen) atoms. The summed E-state index contributed by atoms with van der Waals surface area (Å²) in [5.74, 6) is 0.669. The van der Waals surface area contributed by atoms with E-state index in [0.29, 0.717) is 27.4 Å². The van der Waals surface area contributed by atoms with Crippen LogP contribution in [0.4, 0.5) is 5.69 Å². The first-order valence-electron chi connectivity index (χ1n) is 8.84. The number of benzene rings is 3. The van der Waals surface area contributed by atoms with Crippen LogP contribution in [0.25, 0.3) is 22.6 Å². The van der Waals surface area contributed by atoms with Gasteiger partial charge in [-0.25, -0.2) is 4.98 Å². The number of hydrogen-bond acceptors (Lipinski definition) is 4. The zero-order valence-electron chi connectivity index (χ0n) is 15.4. The van der Waals surface area contributed by atoms with Crippen LogP contribution in [0.1, 0.15) is 5.56 Å². The fraction of sp³-hybridized carbons (Fsp3) is 0.0909. The Morgan fingerprint density at radius 1 is 1.10 bits per heavy atom. The zero-order chi connectivity index (χ0) is 20.4.